The van der Waals surface area contributed by atoms with Crippen molar-refractivity contribution in [3.8, 4) is 0 Å². The third-order valence-electron chi connectivity index (χ3n) is 7.22. The Kier molecular flexibility index (Phi) is 7.54. The zero-order chi connectivity index (χ0) is 22.7. The molecule has 9 nitrogen and oxygen atoms in total. The van der Waals surface area contributed by atoms with Crippen LogP contribution in [-0.2, 0) is 14.8 Å². The molecular weight excluding hydrogens is 430 g/mol. The Hall–Kier alpha value is -1.49. The Balaban J connectivity index is 1.21. The van der Waals surface area contributed by atoms with Gasteiger partial charge >= 0.3 is 0 Å². The van der Waals surface area contributed by atoms with Crippen molar-refractivity contribution in [2.24, 2.45) is 5.92 Å². The Morgan fingerprint density at radius 1 is 0.938 bits per heavy atom. The summed E-state index contributed by atoms with van der Waals surface area (Å²) in [5.41, 5.74) is 0.378. The van der Waals surface area contributed by atoms with Crippen molar-refractivity contribution >= 4 is 15.9 Å². The normalized spacial score (nSPS) is 23.0. The Morgan fingerprint density at radius 3 is 2.16 bits per heavy atom. The van der Waals surface area contributed by atoms with Crippen LogP contribution in [0.2, 0.25) is 0 Å². The number of nitrogens with zero attached hydrogens (tertiary/aromatic N) is 5. The van der Waals surface area contributed by atoms with Crippen LogP contribution in [0, 0.1) is 19.8 Å². The predicted molar refractivity (Wildman–Crippen MR) is 121 cm³/mol. The number of piperazine rings is 2. The van der Waals surface area contributed by atoms with E-state index in [9.17, 15) is 13.2 Å². The van der Waals surface area contributed by atoms with Gasteiger partial charge in [-0.2, -0.15) is 4.31 Å². The van der Waals surface area contributed by atoms with Gasteiger partial charge in [0.1, 0.15) is 10.6 Å². The Labute approximate surface area is 191 Å². The van der Waals surface area contributed by atoms with Crippen LogP contribution < -0.4 is 0 Å². The molecule has 0 spiro atoms. The van der Waals surface area contributed by atoms with Crippen LogP contribution in [-0.4, -0.2) is 104 Å². The minimum Gasteiger partial charge on any atom is -0.360 e. The highest BCUT2D eigenvalue weighted by Crippen LogP contribution is 2.25. The molecule has 3 fully saturated rings. The maximum Gasteiger partial charge on any atom is 0.248 e. The van der Waals surface area contributed by atoms with Gasteiger partial charge in [0, 0.05) is 58.9 Å². The molecule has 32 heavy (non-hydrogen) atoms. The number of aryl methyl sites for hydroxylation is 2. The van der Waals surface area contributed by atoms with Crippen molar-refractivity contribution in [3.63, 3.8) is 0 Å². The number of aromatic nitrogens is 1. The number of sulfonamides is 1. The SMILES string of the molecule is Cc1noc(C)c1S(=O)(=O)N1CCN(C(=O)CN2CCN(CC3CCCCC3)CC2)CC1. The highest BCUT2D eigenvalue weighted by atomic mass is 32.2. The highest BCUT2D eigenvalue weighted by molar-refractivity contribution is 7.89. The van der Waals surface area contributed by atoms with E-state index >= 15 is 0 Å². The summed E-state index contributed by atoms with van der Waals surface area (Å²) in [4.78, 5) is 19.6. The molecule has 180 valence electrons. The van der Waals surface area contributed by atoms with E-state index < -0.39 is 10.0 Å². The lowest BCUT2D eigenvalue weighted by molar-refractivity contribution is -0.134. The number of carbonyl (C=O) groups excluding carboxylic acids is 1. The molecule has 1 aliphatic carbocycles. The van der Waals surface area contributed by atoms with Gasteiger partial charge in [-0.15, -0.1) is 0 Å². The van der Waals surface area contributed by atoms with E-state index in [0.717, 1.165) is 32.1 Å². The fourth-order valence-corrected chi connectivity index (χ4v) is 7.02. The monoisotopic (exact) mass is 467 g/mol. The number of carbonyl (C=O) groups is 1. The van der Waals surface area contributed by atoms with Gasteiger partial charge in [0.05, 0.1) is 6.54 Å². The summed E-state index contributed by atoms with van der Waals surface area (Å²) in [6.07, 6.45) is 6.90. The van der Waals surface area contributed by atoms with E-state index in [1.165, 1.54) is 43.0 Å². The molecule has 4 rings (SSSR count). The molecular formula is C22H37N5O4S. The van der Waals surface area contributed by atoms with Gasteiger partial charge in [-0.25, -0.2) is 8.42 Å². The van der Waals surface area contributed by atoms with Gasteiger partial charge < -0.3 is 14.3 Å². The zero-order valence-electron chi connectivity index (χ0n) is 19.5. The molecule has 0 atom stereocenters. The summed E-state index contributed by atoms with van der Waals surface area (Å²) in [6, 6.07) is 0. The zero-order valence-corrected chi connectivity index (χ0v) is 20.3. The maximum absolute atomic E-state index is 13.0. The first-order valence-corrected chi connectivity index (χ1v) is 13.4. The predicted octanol–water partition coefficient (Wildman–Crippen LogP) is 1.32. The number of rotatable bonds is 6. The topological polar surface area (TPSA) is 90.2 Å². The molecule has 0 bridgehead atoms. The Bertz CT molecular complexity index is 861. The van der Waals surface area contributed by atoms with Gasteiger partial charge in [-0.05, 0) is 32.6 Å². The fourth-order valence-electron chi connectivity index (χ4n) is 5.31. The quantitative estimate of drug-likeness (QED) is 0.623. The standard InChI is InChI=1S/C22H37N5O4S/c1-18-22(19(2)31-23-18)32(29,30)27-14-12-26(13-15-27)21(28)17-25-10-8-24(9-11-25)16-20-6-4-3-5-7-20/h20H,3-17H2,1-2H3. The first-order chi connectivity index (χ1) is 15.3. The van der Waals surface area contributed by atoms with Crippen molar-refractivity contribution < 1.29 is 17.7 Å². The Morgan fingerprint density at radius 2 is 1.56 bits per heavy atom. The largest absolute Gasteiger partial charge is 0.360 e. The molecule has 0 unspecified atom stereocenters. The van der Waals surface area contributed by atoms with Gasteiger partial charge in [-0.3, -0.25) is 9.69 Å². The summed E-state index contributed by atoms with van der Waals surface area (Å²) in [5.74, 6) is 1.26. The molecule has 2 saturated heterocycles. The van der Waals surface area contributed by atoms with Crippen LogP contribution in [0.3, 0.4) is 0 Å². The first-order valence-electron chi connectivity index (χ1n) is 12.0. The number of hydrogen-bond acceptors (Lipinski definition) is 7. The van der Waals surface area contributed by atoms with Gasteiger partial charge in [-0.1, -0.05) is 24.4 Å². The minimum absolute atomic E-state index is 0.0973. The molecule has 3 aliphatic rings. The maximum atomic E-state index is 13.0. The van der Waals surface area contributed by atoms with E-state index in [1.54, 1.807) is 18.7 Å². The number of hydrogen-bond donors (Lipinski definition) is 0. The first kappa shape index (κ1) is 23.7. The van der Waals surface area contributed by atoms with Crippen LogP contribution in [0.1, 0.15) is 43.6 Å². The number of amides is 1. The van der Waals surface area contributed by atoms with Crippen molar-refractivity contribution in [2.45, 2.75) is 50.8 Å². The van der Waals surface area contributed by atoms with Crippen LogP contribution in [0.5, 0.6) is 0 Å². The lowest BCUT2D eigenvalue weighted by Gasteiger charge is -2.38. The third-order valence-corrected chi connectivity index (χ3v) is 9.37. The molecule has 0 aromatic carbocycles. The summed E-state index contributed by atoms with van der Waals surface area (Å²) in [6.45, 7) is 10.3. The van der Waals surface area contributed by atoms with Crippen molar-refractivity contribution in [1.82, 2.24) is 24.2 Å². The average molecular weight is 468 g/mol. The van der Waals surface area contributed by atoms with E-state index in [-0.39, 0.29) is 10.8 Å². The summed E-state index contributed by atoms with van der Waals surface area (Å²) < 4.78 is 32.4. The highest BCUT2D eigenvalue weighted by Gasteiger charge is 2.34. The second-order valence-electron chi connectivity index (χ2n) is 9.52. The molecule has 0 radical (unpaired) electrons. The molecule has 2 aliphatic heterocycles. The molecule has 1 aromatic heterocycles. The van der Waals surface area contributed by atoms with E-state index in [1.807, 2.05) is 0 Å². The van der Waals surface area contributed by atoms with Crippen molar-refractivity contribution in [2.75, 3.05) is 65.4 Å². The minimum atomic E-state index is -3.65. The molecule has 3 heterocycles. The van der Waals surface area contributed by atoms with Crippen LogP contribution >= 0.6 is 0 Å². The van der Waals surface area contributed by atoms with Crippen LogP contribution in [0.15, 0.2) is 9.42 Å². The van der Waals surface area contributed by atoms with E-state index in [2.05, 4.69) is 15.0 Å². The second-order valence-corrected chi connectivity index (χ2v) is 11.4. The third kappa shape index (κ3) is 5.35. The van der Waals surface area contributed by atoms with Gasteiger partial charge in [0.15, 0.2) is 5.76 Å². The van der Waals surface area contributed by atoms with Crippen molar-refractivity contribution in [1.29, 1.82) is 0 Å². The van der Waals surface area contributed by atoms with Crippen LogP contribution in [0.25, 0.3) is 0 Å². The van der Waals surface area contributed by atoms with Crippen LogP contribution in [0.4, 0.5) is 0 Å². The summed E-state index contributed by atoms with van der Waals surface area (Å²) in [7, 11) is -3.65. The van der Waals surface area contributed by atoms with Gasteiger partial charge in [0.25, 0.3) is 0 Å². The lowest BCUT2D eigenvalue weighted by Crippen LogP contribution is -2.54. The average Bonchev–Trinajstić information content (AvgIpc) is 3.14. The summed E-state index contributed by atoms with van der Waals surface area (Å²) in [5, 5.41) is 3.77. The van der Waals surface area contributed by atoms with E-state index in [0.29, 0.717) is 44.2 Å². The van der Waals surface area contributed by atoms with E-state index in [4.69, 9.17) is 4.52 Å². The van der Waals surface area contributed by atoms with Crippen molar-refractivity contribution in [3.05, 3.63) is 11.5 Å². The van der Waals surface area contributed by atoms with Gasteiger partial charge in [0.2, 0.25) is 15.9 Å². The summed E-state index contributed by atoms with van der Waals surface area (Å²) >= 11 is 0. The molecule has 1 aromatic rings. The molecule has 1 saturated carbocycles. The molecule has 1 amide bonds. The second kappa shape index (κ2) is 10.2. The fraction of sp³-hybridized carbons (Fsp3) is 0.818. The lowest BCUT2D eigenvalue weighted by atomic mass is 9.89. The molecule has 10 heteroatoms. The molecule has 0 N–H and O–H groups in total. The smallest absolute Gasteiger partial charge is 0.248 e.